The molecule has 0 aliphatic heterocycles. The summed E-state index contributed by atoms with van der Waals surface area (Å²) in [5.74, 6) is 0. The molecule has 3 nitrogen and oxygen atoms in total. The minimum absolute atomic E-state index is 0.0555. The molecule has 0 unspecified atom stereocenters. The molecule has 0 aromatic carbocycles. The van der Waals surface area contributed by atoms with Gasteiger partial charge in [0.2, 0.25) is 0 Å². The number of hydrogen-bond donors (Lipinski definition) is 2. The molecule has 0 bridgehead atoms. The molecule has 0 atom stereocenters. The van der Waals surface area contributed by atoms with E-state index in [-0.39, 0.29) is 6.61 Å². The fourth-order valence-electron chi connectivity index (χ4n) is 1.15. The molecule has 0 amide bonds. The lowest BCUT2D eigenvalue weighted by atomic mass is 9.99. The first-order valence-electron chi connectivity index (χ1n) is 4.44. The van der Waals surface area contributed by atoms with Crippen LogP contribution in [-0.2, 0) is 12.2 Å². The maximum Gasteiger partial charge on any atom is 0.125 e. The van der Waals surface area contributed by atoms with Crippen molar-refractivity contribution in [1.29, 1.82) is 0 Å². The van der Waals surface area contributed by atoms with Gasteiger partial charge in [-0.05, 0) is 12.8 Å². The molecule has 0 radical (unpaired) electrons. The van der Waals surface area contributed by atoms with Crippen LogP contribution in [0, 0.1) is 0 Å². The molecule has 0 aliphatic carbocycles. The Morgan fingerprint density at radius 1 is 1.46 bits per heavy atom. The molecule has 2 N–H and O–H groups in total. The van der Waals surface area contributed by atoms with Gasteiger partial charge in [0.05, 0.1) is 12.3 Å². The Morgan fingerprint density at radius 3 is 2.46 bits per heavy atom. The number of nitrogens with zero attached hydrogens (tertiary/aromatic N) is 1. The van der Waals surface area contributed by atoms with E-state index in [4.69, 9.17) is 5.11 Å². The van der Waals surface area contributed by atoms with Gasteiger partial charge in [-0.15, -0.1) is 11.3 Å². The van der Waals surface area contributed by atoms with Gasteiger partial charge in [0.15, 0.2) is 0 Å². The number of rotatable bonds is 4. The van der Waals surface area contributed by atoms with Gasteiger partial charge in [0.1, 0.15) is 10.6 Å². The second kappa shape index (κ2) is 4.17. The highest BCUT2D eigenvalue weighted by Gasteiger charge is 2.28. The van der Waals surface area contributed by atoms with E-state index in [1.54, 1.807) is 5.38 Å². The molecule has 1 heterocycles. The van der Waals surface area contributed by atoms with Gasteiger partial charge in [0.25, 0.3) is 0 Å². The average Bonchev–Trinajstić information content (AvgIpc) is 2.65. The second-order valence-corrected chi connectivity index (χ2v) is 3.90. The van der Waals surface area contributed by atoms with E-state index < -0.39 is 5.60 Å². The maximum absolute atomic E-state index is 10.1. The Bertz CT molecular complexity index is 268. The maximum atomic E-state index is 10.1. The summed E-state index contributed by atoms with van der Waals surface area (Å²) in [5, 5.41) is 21.4. The highest BCUT2D eigenvalue weighted by Crippen LogP contribution is 2.30. The van der Waals surface area contributed by atoms with Gasteiger partial charge >= 0.3 is 0 Å². The molecular weight excluding hydrogens is 186 g/mol. The smallest absolute Gasteiger partial charge is 0.125 e. The van der Waals surface area contributed by atoms with Gasteiger partial charge < -0.3 is 10.2 Å². The van der Waals surface area contributed by atoms with Crippen LogP contribution in [0.5, 0.6) is 0 Å². The average molecular weight is 201 g/mol. The molecule has 1 aromatic rings. The molecule has 1 rings (SSSR count). The van der Waals surface area contributed by atoms with Crippen molar-refractivity contribution in [2.45, 2.75) is 38.9 Å². The minimum atomic E-state index is -0.807. The fraction of sp³-hybridized carbons (Fsp3) is 0.667. The van der Waals surface area contributed by atoms with Crippen LogP contribution in [0.25, 0.3) is 0 Å². The first kappa shape index (κ1) is 10.6. The lowest BCUT2D eigenvalue weighted by Crippen LogP contribution is -2.23. The number of aliphatic hydroxyl groups excluding tert-OH is 1. The van der Waals surface area contributed by atoms with Gasteiger partial charge in [-0.3, -0.25) is 0 Å². The Labute approximate surface area is 82.1 Å². The van der Waals surface area contributed by atoms with Gasteiger partial charge in [0, 0.05) is 5.38 Å². The van der Waals surface area contributed by atoms with Gasteiger partial charge in [-0.1, -0.05) is 13.8 Å². The second-order valence-electron chi connectivity index (χ2n) is 3.04. The Kier molecular flexibility index (Phi) is 3.41. The SMILES string of the molecule is CCC(O)(CC)c1nc(CO)cs1. The third kappa shape index (κ3) is 2.07. The summed E-state index contributed by atoms with van der Waals surface area (Å²) < 4.78 is 0. The topological polar surface area (TPSA) is 53.4 Å². The zero-order valence-electron chi connectivity index (χ0n) is 7.95. The monoisotopic (exact) mass is 201 g/mol. The summed E-state index contributed by atoms with van der Waals surface area (Å²) in [7, 11) is 0. The lowest BCUT2D eigenvalue weighted by molar-refractivity contribution is 0.0278. The Hall–Kier alpha value is -0.450. The minimum Gasteiger partial charge on any atom is -0.390 e. The van der Waals surface area contributed by atoms with Crippen molar-refractivity contribution < 1.29 is 10.2 Å². The van der Waals surface area contributed by atoms with Crippen LogP contribution in [0.15, 0.2) is 5.38 Å². The third-order valence-corrected chi connectivity index (χ3v) is 3.37. The number of aromatic nitrogens is 1. The summed E-state index contributed by atoms with van der Waals surface area (Å²) in [6.07, 6.45) is 1.31. The van der Waals surface area contributed by atoms with E-state index in [9.17, 15) is 5.11 Å². The van der Waals surface area contributed by atoms with E-state index in [0.29, 0.717) is 23.5 Å². The summed E-state index contributed by atoms with van der Waals surface area (Å²) in [6, 6.07) is 0. The highest BCUT2D eigenvalue weighted by atomic mass is 32.1. The van der Waals surface area contributed by atoms with Crippen LogP contribution >= 0.6 is 11.3 Å². The van der Waals surface area contributed by atoms with Gasteiger partial charge in [-0.25, -0.2) is 4.98 Å². The fourth-order valence-corrected chi connectivity index (χ4v) is 2.20. The molecule has 0 spiro atoms. The van der Waals surface area contributed by atoms with E-state index >= 15 is 0 Å². The molecule has 0 saturated carbocycles. The van der Waals surface area contributed by atoms with E-state index in [1.165, 1.54) is 11.3 Å². The Balaban J connectivity index is 2.91. The van der Waals surface area contributed by atoms with Crippen molar-refractivity contribution in [1.82, 2.24) is 4.98 Å². The lowest BCUT2D eigenvalue weighted by Gasteiger charge is -2.21. The summed E-state index contributed by atoms with van der Waals surface area (Å²) in [5.41, 5.74) is -0.168. The molecule has 74 valence electrons. The zero-order valence-corrected chi connectivity index (χ0v) is 8.77. The molecular formula is C9H15NO2S. The van der Waals surface area contributed by atoms with E-state index in [1.807, 2.05) is 13.8 Å². The molecule has 1 aromatic heterocycles. The summed E-state index contributed by atoms with van der Waals surface area (Å²) in [6.45, 7) is 3.81. The number of thiazole rings is 1. The largest absolute Gasteiger partial charge is 0.390 e. The molecule has 0 aliphatic rings. The van der Waals surface area contributed by atoms with Crippen molar-refractivity contribution in [3.63, 3.8) is 0 Å². The number of aliphatic hydroxyl groups is 2. The van der Waals surface area contributed by atoms with Gasteiger partial charge in [-0.2, -0.15) is 0 Å². The van der Waals surface area contributed by atoms with Crippen LogP contribution in [0.1, 0.15) is 37.4 Å². The van der Waals surface area contributed by atoms with Crippen LogP contribution in [-0.4, -0.2) is 15.2 Å². The molecule has 13 heavy (non-hydrogen) atoms. The number of hydrogen-bond acceptors (Lipinski definition) is 4. The predicted molar refractivity (Wildman–Crippen MR) is 52.5 cm³/mol. The Morgan fingerprint density at radius 2 is 2.08 bits per heavy atom. The van der Waals surface area contributed by atoms with E-state index in [0.717, 1.165) is 0 Å². The quantitative estimate of drug-likeness (QED) is 0.778. The summed E-state index contributed by atoms with van der Waals surface area (Å²) in [4.78, 5) is 4.16. The highest BCUT2D eigenvalue weighted by molar-refractivity contribution is 7.09. The molecule has 4 heteroatoms. The first-order valence-corrected chi connectivity index (χ1v) is 5.32. The molecule has 0 saturated heterocycles. The van der Waals surface area contributed by atoms with Crippen molar-refractivity contribution in [3.05, 3.63) is 16.1 Å². The predicted octanol–water partition coefficient (Wildman–Crippen LogP) is 1.64. The van der Waals surface area contributed by atoms with Crippen LogP contribution in [0.3, 0.4) is 0 Å². The van der Waals surface area contributed by atoms with E-state index in [2.05, 4.69) is 4.98 Å². The van der Waals surface area contributed by atoms with Crippen LogP contribution in [0.2, 0.25) is 0 Å². The zero-order chi connectivity index (χ0) is 9.90. The van der Waals surface area contributed by atoms with Crippen molar-refractivity contribution in [2.75, 3.05) is 0 Å². The normalized spacial score (nSPS) is 12.0. The van der Waals surface area contributed by atoms with Crippen LogP contribution in [0.4, 0.5) is 0 Å². The standard InChI is InChI=1S/C9H15NO2S/c1-3-9(12,4-2)8-10-7(5-11)6-13-8/h6,11-12H,3-5H2,1-2H3. The van der Waals surface area contributed by atoms with Crippen LogP contribution < -0.4 is 0 Å². The third-order valence-electron chi connectivity index (χ3n) is 2.28. The van der Waals surface area contributed by atoms with Crippen molar-refractivity contribution in [3.8, 4) is 0 Å². The first-order chi connectivity index (χ1) is 6.16. The summed E-state index contributed by atoms with van der Waals surface area (Å²) >= 11 is 1.41. The molecule has 0 fully saturated rings. The van der Waals surface area contributed by atoms with Crippen molar-refractivity contribution >= 4 is 11.3 Å². The van der Waals surface area contributed by atoms with Crippen molar-refractivity contribution in [2.24, 2.45) is 0 Å².